The SMILES string of the molecule is CN(C)C(c1nc(Cc2cccc(Cl)c2F)no1)c1cncn1C. The lowest BCUT2D eigenvalue weighted by molar-refractivity contribution is 0.253. The Kier molecular flexibility index (Phi) is 4.64. The molecule has 0 bridgehead atoms. The molecule has 0 N–H and O–H groups in total. The van der Waals surface area contributed by atoms with Crippen LogP contribution in [0.25, 0.3) is 0 Å². The molecule has 1 aromatic carbocycles. The first kappa shape index (κ1) is 16.6. The molecule has 0 radical (unpaired) electrons. The Morgan fingerprint density at radius 2 is 2.17 bits per heavy atom. The van der Waals surface area contributed by atoms with E-state index in [0.717, 1.165) is 5.69 Å². The van der Waals surface area contributed by atoms with Crippen LogP contribution in [0, 0.1) is 5.82 Å². The third kappa shape index (κ3) is 3.18. The van der Waals surface area contributed by atoms with E-state index in [9.17, 15) is 4.39 Å². The molecular formula is C16H17ClFN5O. The second kappa shape index (κ2) is 6.70. The zero-order chi connectivity index (χ0) is 17.3. The number of aromatic nitrogens is 4. The van der Waals surface area contributed by atoms with E-state index in [1.165, 1.54) is 6.07 Å². The Labute approximate surface area is 143 Å². The Hall–Kier alpha value is -2.25. The van der Waals surface area contributed by atoms with E-state index in [-0.39, 0.29) is 17.5 Å². The lowest BCUT2D eigenvalue weighted by atomic mass is 10.1. The summed E-state index contributed by atoms with van der Waals surface area (Å²) in [5.74, 6) is 0.377. The van der Waals surface area contributed by atoms with Crippen LogP contribution in [0.1, 0.15) is 29.0 Å². The van der Waals surface area contributed by atoms with E-state index in [1.807, 2.05) is 30.6 Å². The van der Waals surface area contributed by atoms with Gasteiger partial charge in [-0.2, -0.15) is 4.98 Å². The molecule has 8 heteroatoms. The average molecular weight is 350 g/mol. The van der Waals surface area contributed by atoms with Gasteiger partial charge in [0.05, 0.1) is 23.2 Å². The van der Waals surface area contributed by atoms with Gasteiger partial charge in [0.1, 0.15) is 11.9 Å². The second-order valence-corrected chi connectivity index (χ2v) is 6.14. The molecule has 0 amide bonds. The zero-order valence-corrected chi connectivity index (χ0v) is 14.3. The van der Waals surface area contributed by atoms with Crippen molar-refractivity contribution in [2.45, 2.75) is 12.5 Å². The number of aryl methyl sites for hydroxylation is 1. The van der Waals surface area contributed by atoms with Crippen molar-refractivity contribution in [3.8, 4) is 0 Å². The van der Waals surface area contributed by atoms with Gasteiger partial charge in [0.25, 0.3) is 0 Å². The van der Waals surface area contributed by atoms with Gasteiger partial charge >= 0.3 is 0 Å². The third-order valence-corrected chi connectivity index (χ3v) is 4.04. The fraction of sp³-hybridized carbons (Fsp3) is 0.312. The van der Waals surface area contributed by atoms with Gasteiger partial charge in [0, 0.05) is 13.5 Å². The predicted octanol–water partition coefficient (Wildman–Crippen LogP) is 2.84. The molecule has 0 aliphatic rings. The second-order valence-electron chi connectivity index (χ2n) is 5.73. The van der Waals surface area contributed by atoms with E-state index in [0.29, 0.717) is 17.3 Å². The predicted molar refractivity (Wildman–Crippen MR) is 87.3 cm³/mol. The van der Waals surface area contributed by atoms with Crippen LogP contribution >= 0.6 is 11.6 Å². The molecule has 6 nitrogen and oxygen atoms in total. The monoisotopic (exact) mass is 349 g/mol. The van der Waals surface area contributed by atoms with Gasteiger partial charge in [-0.05, 0) is 25.7 Å². The normalized spacial score (nSPS) is 12.8. The van der Waals surface area contributed by atoms with E-state index < -0.39 is 5.82 Å². The van der Waals surface area contributed by atoms with Gasteiger partial charge in [-0.3, -0.25) is 4.90 Å². The molecule has 3 aromatic rings. The number of rotatable bonds is 5. The molecule has 0 aliphatic heterocycles. The molecular weight excluding hydrogens is 333 g/mol. The smallest absolute Gasteiger partial charge is 0.250 e. The van der Waals surface area contributed by atoms with Gasteiger partial charge in [-0.15, -0.1) is 0 Å². The molecule has 0 saturated heterocycles. The van der Waals surface area contributed by atoms with Crippen LogP contribution in [0.15, 0.2) is 35.2 Å². The third-order valence-electron chi connectivity index (χ3n) is 3.75. The molecule has 0 saturated carbocycles. The van der Waals surface area contributed by atoms with Crippen LogP contribution in [0.2, 0.25) is 5.02 Å². The number of imidazole rings is 1. The standard InChI is InChI=1S/C16H17ClFN5O/c1-22(2)15(12-8-19-9-23(12)3)16-20-13(21-24-16)7-10-5-4-6-11(17)14(10)18/h4-6,8-9,15H,7H2,1-3H3. The summed E-state index contributed by atoms with van der Waals surface area (Å²) in [7, 11) is 5.73. The first-order valence-electron chi connectivity index (χ1n) is 7.35. The van der Waals surface area contributed by atoms with Crippen LogP contribution in [0.5, 0.6) is 0 Å². The largest absolute Gasteiger partial charge is 0.337 e. The van der Waals surface area contributed by atoms with E-state index >= 15 is 0 Å². The molecule has 0 fully saturated rings. The van der Waals surface area contributed by atoms with Crippen molar-refractivity contribution in [1.29, 1.82) is 0 Å². The molecule has 0 spiro atoms. The summed E-state index contributed by atoms with van der Waals surface area (Å²) in [4.78, 5) is 10.5. The first-order valence-corrected chi connectivity index (χ1v) is 7.73. The molecule has 1 unspecified atom stereocenters. The zero-order valence-electron chi connectivity index (χ0n) is 13.6. The lowest BCUT2D eigenvalue weighted by Gasteiger charge is -2.20. The van der Waals surface area contributed by atoms with E-state index in [2.05, 4.69) is 15.1 Å². The fourth-order valence-electron chi connectivity index (χ4n) is 2.55. The molecule has 24 heavy (non-hydrogen) atoms. The quantitative estimate of drug-likeness (QED) is 0.709. The van der Waals surface area contributed by atoms with Crippen molar-refractivity contribution in [1.82, 2.24) is 24.6 Å². The summed E-state index contributed by atoms with van der Waals surface area (Å²) in [6, 6.07) is 4.62. The first-order chi connectivity index (χ1) is 11.5. The molecule has 0 aliphatic carbocycles. The topological polar surface area (TPSA) is 60.0 Å². The fourth-order valence-corrected chi connectivity index (χ4v) is 2.74. The average Bonchev–Trinajstić information content (AvgIpc) is 3.15. The van der Waals surface area contributed by atoms with Crippen molar-refractivity contribution in [2.24, 2.45) is 7.05 Å². The highest BCUT2D eigenvalue weighted by molar-refractivity contribution is 6.30. The van der Waals surface area contributed by atoms with E-state index in [1.54, 1.807) is 24.7 Å². The van der Waals surface area contributed by atoms with Crippen LogP contribution < -0.4 is 0 Å². The Morgan fingerprint density at radius 3 is 2.83 bits per heavy atom. The maximum atomic E-state index is 14.0. The highest BCUT2D eigenvalue weighted by Crippen LogP contribution is 2.25. The number of benzene rings is 1. The van der Waals surface area contributed by atoms with Crippen LogP contribution in [0.4, 0.5) is 4.39 Å². The van der Waals surface area contributed by atoms with Crippen molar-refractivity contribution in [3.63, 3.8) is 0 Å². The minimum Gasteiger partial charge on any atom is -0.337 e. The van der Waals surface area contributed by atoms with Crippen molar-refractivity contribution in [2.75, 3.05) is 14.1 Å². The van der Waals surface area contributed by atoms with Gasteiger partial charge in [0.15, 0.2) is 5.82 Å². The van der Waals surface area contributed by atoms with Crippen LogP contribution in [0.3, 0.4) is 0 Å². The summed E-state index contributed by atoms with van der Waals surface area (Å²) in [6.45, 7) is 0. The molecule has 1 atom stereocenters. The summed E-state index contributed by atoms with van der Waals surface area (Å²) in [5, 5.41) is 4.05. The minimum absolute atomic E-state index is 0.0808. The minimum atomic E-state index is -0.457. The highest BCUT2D eigenvalue weighted by Gasteiger charge is 2.26. The summed E-state index contributed by atoms with van der Waals surface area (Å²) >= 11 is 5.81. The van der Waals surface area contributed by atoms with Crippen molar-refractivity contribution in [3.05, 3.63) is 64.5 Å². The highest BCUT2D eigenvalue weighted by atomic mass is 35.5. The number of halogens is 2. The summed E-state index contributed by atoms with van der Waals surface area (Å²) < 4.78 is 21.3. The lowest BCUT2D eigenvalue weighted by Crippen LogP contribution is -2.23. The van der Waals surface area contributed by atoms with Crippen LogP contribution in [-0.4, -0.2) is 38.7 Å². The van der Waals surface area contributed by atoms with Crippen molar-refractivity contribution >= 4 is 11.6 Å². The molecule has 3 rings (SSSR count). The maximum absolute atomic E-state index is 14.0. The Bertz CT molecular complexity index is 845. The number of nitrogens with zero attached hydrogens (tertiary/aromatic N) is 5. The van der Waals surface area contributed by atoms with Gasteiger partial charge in [-0.1, -0.05) is 28.9 Å². The molecule has 2 heterocycles. The van der Waals surface area contributed by atoms with Gasteiger partial charge < -0.3 is 9.09 Å². The molecule has 126 valence electrons. The number of hydrogen-bond acceptors (Lipinski definition) is 5. The molecule has 2 aromatic heterocycles. The maximum Gasteiger partial charge on any atom is 0.250 e. The number of hydrogen-bond donors (Lipinski definition) is 0. The van der Waals surface area contributed by atoms with Crippen molar-refractivity contribution < 1.29 is 8.91 Å². The van der Waals surface area contributed by atoms with Gasteiger partial charge in [-0.25, -0.2) is 9.37 Å². The van der Waals surface area contributed by atoms with Gasteiger partial charge in [0.2, 0.25) is 5.89 Å². The summed E-state index contributed by atoms with van der Waals surface area (Å²) in [5.41, 5.74) is 1.35. The summed E-state index contributed by atoms with van der Waals surface area (Å²) in [6.07, 6.45) is 3.68. The van der Waals surface area contributed by atoms with Crippen LogP contribution in [-0.2, 0) is 13.5 Å². The Morgan fingerprint density at radius 1 is 1.38 bits per heavy atom. The Balaban J connectivity index is 1.89. The van der Waals surface area contributed by atoms with E-state index in [4.69, 9.17) is 16.1 Å².